The zero-order chi connectivity index (χ0) is 14.7. The number of carbonyl (C=O) groups excluding carboxylic acids is 1. The number of amides is 1. The molecule has 20 heavy (non-hydrogen) atoms. The molecule has 0 aliphatic carbocycles. The van der Waals surface area contributed by atoms with Crippen molar-refractivity contribution in [1.82, 2.24) is 4.90 Å². The van der Waals surface area contributed by atoms with Crippen molar-refractivity contribution in [3.05, 3.63) is 21.6 Å². The second-order valence-corrected chi connectivity index (χ2v) is 5.79. The number of hydrogen-bond acceptors (Lipinski definition) is 4. The number of nitrogen functional groups attached to an aromatic ring is 1. The molecule has 0 spiro atoms. The molecule has 2 N–H and O–H groups in total. The Bertz CT molecular complexity index is 483. The molecule has 5 nitrogen and oxygen atoms in total. The van der Waals surface area contributed by atoms with Crippen molar-refractivity contribution in [2.24, 2.45) is 0 Å². The molecule has 110 valence electrons. The Morgan fingerprint density at radius 3 is 2.75 bits per heavy atom. The number of benzene rings is 1. The third-order valence-electron chi connectivity index (χ3n) is 3.00. The SMILES string of the molecule is CC(Oc1c(N)cc(Cl)cc1Br)C(=O)N1CCOCC1. The van der Waals surface area contributed by atoms with E-state index in [1.807, 2.05) is 0 Å². The van der Waals surface area contributed by atoms with Crippen LogP contribution in [0, 0.1) is 0 Å². The minimum atomic E-state index is -0.618. The molecule has 1 aliphatic heterocycles. The highest BCUT2D eigenvalue weighted by Gasteiger charge is 2.25. The van der Waals surface area contributed by atoms with Crippen LogP contribution in [0.1, 0.15) is 6.92 Å². The van der Waals surface area contributed by atoms with E-state index < -0.39 is 6.10 Å². The van der Waals surface area contributed by atoms with E-state index in [4.69, 9.17) is 26.8 Å². The lowest BCUT2D eigenvalue weighted by molar-refractivity contribution is -0.142. The molecule has 1 saturated heterocycles. The Hall–Kier alpha value is -0.980. The van der Waals surface area contributed by atoms with E-state index in [9.17, 15) is 4.79 Å². The number of rotatable bonds is 3. The van der Waals surface area contributed by atoms with E-state index in [2.05, 4.69) is 15.9 Å². The molecule has 1 unspecified atom stereocenters. The van der Waals surface area contributed by atoms with Crippen molar-refractivity contribution in [2.45, 2.75) is 13.0 Å². The summed E-state index contributed by atoms with van der Waals surface area (Å²) in [6.07, 6.45) is -0.618. The molecule has 1 aromatic rings. The zero-order valence-electron chi connectivity index (χ0n) is 11.1. The fourth-order valence-corrected chi connectivity index (χ4v) is 2.90. The summed E-state index contributed by atoms with van der Waals surface area (Å²) in [6, 6.07) is 3.27. The molecule has 7 heteroatoms. The second-order valence-electron chi connectivity index (χ2n) is 4.50. The maximum atomic E-state index is 12.3. The standard InChI is InChI=1S/C13H16BrClN2O3/c1-8(13(18)17-2-4-19-5-3-17)20-12-10(14)6-9(15)7-11(12)16/h6-8H,2-5,16H2,1H3. The molecule has 0 radical (unpaired) electrons. The van der Waals surface area contributed by atoms with E-state index in [0.717, 1.165) is 0 Å². The maximum absolute atomic E-state index is 12.3. The van der Waals surface area contributed by atoms with Crippen molar-refractivity contribution in [2.75, 3.05) is 32.0 Å². The van der Waals surface area contributed by atoms with Crippen molar-refractivity contribution >= 4 is 39.1 Å². The summed E-state index contributed by atoms with van der Waals surface area (Å²) in [7, 11) is 0. The first kappa shape index (κ1) is 15.4. The van der Waals surface area contributed by atoms with Crippen molar-refractivity contribution in [3.8, 4) is 5.75 Å². The van der Waals surface area contributed by atoms with Gasteiger partial charge in [0.2, 0.25) is 0 Å². The summed E-state index contributed by atoms with van der Waals surface area (Å²) in [5.74, 6) is 0.359. The van der Waals surface area contributed by atoms with Gasteiger partial charge < -0.3 is 20.1 Å². The third-order valence-corrected chi connectivity index (χ3v) is 3.81. The fourth-order valence-electron chi connectivity index (χ4n) is 1.97. The van der Waals surface area contributed by atoms with Crippen LogP contribution < -0.4 is 10.5 Å². The molecule has 2 rings (SSSR count). The van der Waals surface area contributed by atoms with Crippen LogP contribution in [-0.4, -0.2) is 43.2 Å². The van der Waals surface area contributed by atoms with Crippen LogP contribution in [0.15, 0.2) is 16.6 Å². The van der Waals surface area contributed by atoms with Gasteiger partial charge in [0.15, 0.2) is 11.9 Å². The summed E-state index contributed by atoms with van der Waals surface area (Å²) >= 11 is 9.23. The Morgan fingerprint density at radius 1 is 1.50 bits per heavy atom. The van der Waals surface area contributed by atoms with Gasteiger partial charge in [-0.15, -0.1) is 0 Å². The number of nitrogens with zero attached hydrogens (tertiary/aromatic N) is 1. The number of carbonyl (C=O) groups is 1. The van der Waals surface area contributed by atoms with Crippen LogP contribution in [0.25, 0.3) is 0 Å². The van der Waals surface area contributed by atoms with Gasteiger partial charge >= 0.3 is 0 Å². The van der Waals surface area contributed by atoms with Crippen LogP contribution in [-0.2, 0) is 9.53 Å². The number of halogens is 2. The summed E-state index contributed by atoms with van der Waals surface area (Å²) in [4.78, 5) is 14.0. The average molecular weight is 364 g/mol. The van der Waals surface area contributed by atoms with Crippen LogP contribution in [0.4, 0.5) is 5.69 Å². The summed E-state index contributed by atoms with van der Waals surface area (Å²) in [5.41, 5.74) is 6.26. The second kappa shape index (κ2) is 6.65. The van der Waals surface area contributed by atoms with Gasteiger partial charge in [0.1, 0.15) is 0 Å². The predicted molar refractivity (Wildman–Crippen MR) is 81.1 cm³/mol. The van der Waals surface area contributed by atoms with Gasteiger partial charge in [-0.2, -0.15) is 0 Å². The summed E-state index contributed by atoms with van der Waals surface area (Å²) < 4.78 is 11.5. The zero-order valence-corrected chi connectivity index (χ0v) is 13.4. The molecule has 1 atom stereocenters. The lowest BCUT2D eigenvalue weighted by atomic mass is 10.2. The molecule has 0 saturated carbocycles. The van der Waals surface area contributed by atoms with Crippen LogP contribution in [0.2, 0.25) is 5.02 Å². The quantitative estimate of drug-likeness (QED) is 0.837. The molecule has 0 bridgehead atoms. The maximum Gasteiger partial charge on any atom is 0.263 e. The lowest BCUT2D eigenvalue weighted by Gasteiger charge is -2.29. The molecular weight excluding hydrogens is 348 g/mol. The van der Waals surface area contributed by atoms with Gasteiger partial charge in [0.05, 0.1) is 23.4 Å². The highest BCUT2D eigenvalue weighted by atomic mass is 79.9. The number of ether oxygens (including phenoxy) is 2. The third kappa shape index (κ3) is 3.56. The monoisotopic (exact) mass is 362 g/mol. The van der Waals surface area contributed by atoms with E-state index in [0.29, 0.717) is 47.2 Å². The van der Waals surface area contributed by atoms with Gasteiger partial charge in [0, 0.05) is 18.1 Å². The first-order chi connectivity index (χ1) is 9.49. The Morgan fingerprint density at radius 2 is 2.15 bits per heavy atom. The van der Waals surface area contributed by atoms with Gasteiger partial charge in [-0.1, -0.05) is 11.6 Å². The fraction of sp³-hybridized carbons (Fsp3) is 0.462. The van der Waals surface area contributed by atoms with E-state index in [1.54, 1.807) is 24.0 Å². The van der Waals surface area contributed by atoms with Crippen LogP contribution in [0.3, 0.4) is 0 Å². The van der Waals surface area contributed by atoms with E-state index in [1.165, 1.54) is 0 Å². The largest absolute Gasteiger partial charge is 0.478 e. The van der Waals surface area contributed by atoms with Gasteiger partial charge in [0.25, 0.3) is 5.91 Å². The van der Waals surface area contributed by atoms with Crippen LogP contribution >= 0.6 is 27.5 Å². The highest BCUT2D eigenvalue weighted by molar-refractivity contribution is 9.10. The molecule has 1 aromatic carbocycles. The summed E-state index contributed by atoms with van der Waals surface area (Å²) in [6.45, 7) is 4.00. The smallest absolute Gasteiger partial charge is 0.263 e. The Kier molecular flexibility index (Phi) is 5.12. The number of nitrogens with two attached hydrogens (primary N) is 1. The van der Waals surface area contributed by atoms with Crippen molar-refractivity contribution in [1.29, 1.82) is 0 Å². The van der Waals surface area contributed by atoms with Gasteiger partial charge in [-0.3, -0.25) is 4.79 Å². The Balaban J connectivity index is 2.07. The minimum Gasteiger partial charge on any atom is -0.478 e. The molecule has 0 aromatic heterocycles. The number of anilines is 1. The number of morpholine rings is 1. The molecule has 1 amide bonds. The molecule has 1 fully saturated rings. The normalized spacial score (nSPS) is 16.9. The topological polar surface area (TPSA) is 64.8 Å². The minimum absolute atomic E-state index is 0.0745. The van der Waals surface area contributed by atoms with E-state index >= 15 is 0 Å². The molecular formula is C13H16BrClN2O3. The van der Waals surface area contributed by atoms with Gasteiger partial charge in [-0.05, 0) is 35.0 Å². The number of hydrogen-bond donors (Lipinski definition) is 1. The molecule has 1 heterocycles. The lowest BCUT2D eigenvalue weighted by Crippen LogP contribution is -2.46. The van der Waals surface area contributed by atoms with E-state index in [-0.39, 0.29) is 5.91 Å². The first-order valence-corrected chi connectivity index (χ1v) is 7.44. The van der Waals surface area contributed by atoms with Crippen molar-refractivity contribution < 1.29 is 14.3 Å². The van der Waals surface area contributed by atoms with Crippen molar-refractivity contribution in [3.63, 3.8) is 0 Å². The predicted octanol–water partition coefficient (Wildman–Crippen LogP) is 2.31. The molecule has 1 aliphatic rings. The Labute approximate surface area is 131 Å². The first-order valence-electron chi connectivity index (χ1n) is 6.26. The average Bonchev–Trinajstić information content (AvgIpc) is 2.42. The summed E-state index contributed by atoms with van der Waals surface area (Å²) in [5, 5.41) is 0.508. The van der Waals surface area contributed by atoms with Gasteiger partial charge in [-0.25, -0.2) is 0 Å². The van der Waals surface area contributed by atoms with Crippen LogP contribution in [0.5, 0.6) is 5.75 Å². The highest BCUT2D eigenvalue weighted by Crippen LogP contribution is 2.35.